The molecule has 4 aromatic rings. The third-order valence-electron chi connectivity index (χ3n) is 4.19. The van der Waals surface area contributed by atoms with E-state index in [4.69, 9.17) is 11.3 Å². The predicted molar refractivity (Wildman–Crippen MR) is 107 cm³/mol. The van der Waals surface area contributed by atoms with Gasteiger partial charge in [0.15, 0.2) is 0 Å². The molecule has 132 valence electrons. The van der Waals surface area contributed by atoms with Gasteiger partial charge in [-0.1, -0.05) is 32.9 Å². The van der Waals surface area contributed by atoms with Crippen molar-refractivity contribution in [3.05, 3.63) is 59.4 Å². The summed E-state index contributed by atoms with van der Waals surface area (Å²) in [5.74, 6) is 0. The van der Waals surface area contributed by atoms with E-state index in [1.807, 2.05) is 37.3 Å². The van der Waals surface area contributed by atoms with E-state index in [1.165, 1.54) is 12.3 Å². The first kappa shape index (κ1) is 11.8. The minimum absolute atomic E-state index is 0.0421. The minimum atomic E-state index is -2.49. The quantitative estimate of drug-likeness (QED) is 0.429. The van der Waals surface area contributed by atoms with Gasteiger partial charge in [0.2, 0.25) is 5.71 Å². The molecule has 1 aromatic carbocycles. The molecule has 0 saturated carbocycles. The summed E-state index contributed by atoms with van der Waals surface area (Å²) in [5.41, 5.74) is 2.22. The van der Waals surface area contributed by atoms with Crippen molar-refractivity contribution in [3.8, 4) is 11.3 Å². The minimum Gasteiger partial charge on any atom is -0.437 e. The predicted octanol–water partition coefficient (Wildman–Crippen LogP) is 6.25. The fraction of sp³-hybridized carbons (Fsp3) is 0.304. The summed E-state index contributed by atoms with van der Waals surface area (Å²) in [6.45, 7) is 4.63. The first-order valence-electron chi connectivity index (χ1n) is 11.1. The second-order valence-electron chi connectivity index (χ2n) is 7.58. The van der Waals surface area contributed by atoms with Crippen molar-refractivity contribution in [3.63, 3.8) is 0 Å². The highest BCUT2D eigenvalue weighted by Crippen LogP contribution is 2.35. The summed E-state index contributed by atoms with van der Waals surface area (Å²) in [4.78, 5) is 8.92. The molecule has 0 spiro atoms. The molecule has 3 heteroatoms. The molecule has 3 nitrogen and oxygen atoms in total. The fourth-order valence-corrected chi connectivity index (χ4v) is 3.08. The number of hydrogen-bond donors (Lipinski definition) is 0. The van der Waals surface area contributed by atoms with Gasteiger partial charge in [-0.05, 0) is 61.0 Å². The molecule has 4 rings (SSSR count). The number of furan rings is 1. The molecule has 0 amide bonds. The molecule has 0 saturated heterocycles. The van der Waals surface area contributed by atoms with E-state index < -0.39 is 18.6 Å². The molecule has 0 aliphatic rings. The molecule has 0 aliphatic carbocycles. The average molecular weight is 349 g/mol. The summed E-state index contributed by atoms with van der Waals surface area (Å²) >= 11 is 0. The van der Waals surface area contributed by atoms with Gasteiger partial charge in [0, 0.05) is 35.1 Å². The number of pyridine rings is 2. The number of aromatic nitrogens is 2. The van der Waals surface area contributed by atoms with E-state index in [0.29, 0.717) is 22.6 Å². The van der Waals surface area contributed by atoms with Gasteiger partial charge >= 0.3 is 0 Å². The number of fused-ring (bicyclic) bond motifs is 3. The lowest BCUT2D eigenvalue weighted by atomic mass is 9.87. The highest BCUT2D eigenvalue weighted by molar-refractivity contribution is 6.08. The van der Waals surface area contributed by atoms with Crippen LogP contribution in [0.4, 0.5) is 0 Å². The molecule has 0 unspecified atom stereocenters. The third-order valence-corrected chi connectivity index (χ3v) is 4.19. The lowest BCUT2D eigenvalue weighted by Gasteiger charge is -2.19. The molecular weight excluding hydrogens is 320 g/mol. The van der Waals surface area contributed by atoms with Gasteiger partial charge in [-0.15, -0.1) is 0 Å². The van der Waals surface area contributed by atoms with E-state index >= 15 is 0 Å². The maximum atomic E-state index is 8.59. The normalized spacial score (nSPS) is 16.1. The molecular formula is C23H24N2O. The maximum absolute atomic E-state index is 8.59. The Balaban J connectivity index is 1.98. The molecule has 0 bridgehead atoms. The first-order valence-corrected chi connectivity index (χ1v) is 8.61. The monoisotopic (exact) mass is 349 g/mol. The van der Waals surface area contributed by atoms with Crippen LogP contribution in [-0.4, -0.2) is 9.97 Å². The van der Waals surface area contributed by atoms with E-state index in [0.717, 1.165) is 16.5 Å². The largest absolute Gasteiger partial charge is 0.437 e. The number of rotatable bonds is 2. The number of aryl methyl sites for hydroxylation is 2. The Kier molecular flexibility index (Phi) is 2.71. The molecule has 0 aliphatic heterocycles. The van der Waals surface area contributed by atoms with Crippen molar-refractivity contribution in [1.82, 2.24) is 9.97 Å². The summed E-state index contributed by atoms with van der Waals surface area (Å²) in [5, 5.41) is 1.74. The molecule has 0 radical (unpaired) electrons. The Morgan fingerprint density at radius 2 is 2.00 bits per heavy atom. The first-order chi connectivity index (χ1) is 14.3. The summed E-state index contributed by atoms with van der Waals surface area (Å²) < 4.78 is 47.3. The topological polar surface area (TPSA) is 38.9 Å². The van der Waals surface area contributed by atoms with E-state index in [2.05, 4.69) is 9.97 Å². The zero-order valence-electron chi connectivity index (χ0n) is 20.3. The van der Waals surface area contributed by atoms with Crippen LogP contribution >= 0.6 is 0 Å². The van der Waals surface area contributed by atoms with Crippen LogP contribution in [0.3, 0.4) is 0 Å². The van der Waals surface area contributed by atoms with Crippen LogP contribution in [-0.2, 0) is 6.37 Å². The number of nitrogens with zero attached hydrogens (tertiary/aromatic N) is 2. The second kappa shape index (κ2) is 5.94. The van der Waals surface area contributed by atoms with Gasteiger partial charge in [-0.3, -0.25) is 4.98 Å². The number of para-hydroxylation sites is 1. The summed E-state index contributed by atoms with van der Waals surface area (Å²) in [6, 6.07) is 11.0. The van der Waals surface area contributed by atoms with Crippen molar-refractivity contribution in [2.24, 2.45) is 5.41 Å². The Bertz CT molecular complexity index is 1300. The SMILES string of the molecule is [2H]C([2H])([2H])c1cc(-c2cccc3c2oc2nc(C)ccc23)ncc1C([2H])([2H])C(C)(C)C. The van der Waals surface area contributed by atoms with E-state index in [9.17, 15) is 0 Å². The van der Waals surface area contributed by atoms with Crippen LogP contribution in [0.1, 0.15) is 44.4 Å². The molecule has 26 heavy (non-hydrogen) atoms. The molecule has 0 N–H and O–H groups in total. The maximum Gasteiger partial charge on any atom is 0.227 e. The summed E-state index contributed by atoms with van der Waals surface area (Å²) in [6.07, 6.45) is -0.527. The fourth-order valence-electron chi connectivity index (χ4n) is 3.08. The Morgan fingerprint density at radius 1 is 1.15 bits per heavy atom. The van der Waals surface area contributed by atoms with E-state index in [-0.39, 0.29) is 11.1 Å². The van der Waals surface area contributed by atoms with Crippen molar-refractivity contribution in [2.45, 2.75) is 40.9 Å². The van der Waals surface area contributed by atoms with Gasteiger partial charge in [-0.2, -0.15) is 0 Å². The van der Waals surface area contributed by atoms with Crippen LogP contribution < -0.4 is 0 Å². The highest BCUT2D eigenvalue weighted by Gasteiger charge is 2.16. The Labute approximate surface area is 161 Å². The Morgan fingerprint density at radius 3 is 2.77 bits per heavy atom. The molecule has 3 heterocycles. The molecule has 0 atom stereocenters. The zero-order chi connectivity index (χ0) is 22.8. The van der Waals surface area contributed by atoms with Crippen molar-refractivity contribution in [2.75, 3.05) is 0 Å². The zero-order valence-corrected chi connectivity index (χ0v) is 15.3. The van der Waals surface area contributed by atoms with Crippen LogP contribution in [0.25, 0.3) is 33.3 Å². The molecule has 3 aromatic heterocycles. The van der Waals surface area contributed by atoms with Crippen molar-refractivity contribution >= 4 is 22.1 Å². The lowest BCUT2D eigenvalue weighted by Crippen LogP contribution is -2.10. The second-order valence-corrected chi connectivity index (χ2v) is 7.58. The van der Waals surface area contributed by atoms with Crippen LogP contribution in [0.5, 0.6) is 0 Å². The van der Waals surface area contributed by atoms with Crippen molar-refractivity contribution < 1.29 is 11.3 Å². The third kappa shape index (κ3) is 2.98. The number of benzene rings is 1. The van der Waals surface area contributed by atoms with Gasteiger partial charge in [0.1, 0.15) is 5.58 Å². The lowest BCUT2D eigenvalue weighted by molar-refractivity contribution is 0.410. The van der Waals surface area contributed by atoms with Crippen LogP contribution in [0, 0.1) is 19.2 Å². The summed E-state index contributed by atoms with van der Waals surface area (Å²) in [7, 11) is 0. The van der Waals surface area contributed by atoms with Gasteiger partial charge < -0.3 is 4.42 Å². The van der Waals surface area contributed by atoms with Crippen LogP contribution in [0.15, 0.2) is 47.0 Å². The number of hydrogen-bond acceptors (Lipinski definition) is 3. The van der Waals surface area contributed by atoms with Gasteiger partial charge in [0.25, 0.3) is 0 Å². The Hall–Kier alpha value is -2.68. The van der Waals surface area contributed by atoms with Crippen LogP contribution in [0.2, 0.25) is 0 Å². The highest BCUT2D eigenvalue weighted by atomic mass is 16.3. The van der Waals surface area contributed by atoms with Crippen molar-refractivity contribution in [1.29, 1.82) is 0 Å². The molecule has 0 fully saturated rings. The van der Waals surface area contributed by atoms with Gasteiger partial charge in [0.05, 0.1) is 5.69 Å². The standard InChI is InChI=1S/C23H24N2O/c1-14-11-20(24-13-16(14)12-23(3,4)5)19-8-6-7-17-18-10-9-15(2)25-22(18)26-21(17)19/h6-11,13H,12H2,1-5H3/i1D3,12D2. The smallest absolute Gasteiger partial charge is 0.227 e. The van der Waals surface area contributed by atoms with Gasteiger partial charge in [-0.25, -0.2) is 4.98 Å². The van der Waals surface area contributed by atoms with E-state index in [1.54, 1.807) is 20.8 Å². The average Bonchev–Trinajstić information content (AvgIpc) is 3.03.